The second-order valence-electron chi connectivity index (χ2n) is 5.40. The number of ether oxygens (including phenoxy) is 2. The van der Waals surface area contributed by atoms with Gasteiger partial charge in [-0.2, -0.15) is 8.78 Å². The van der Waals surface area contributed by atoms with Gasteiger partial charge in [-0.05, 0) is 24.1 Å². The summed E-state index contributed by atoms with van der Waals surface area (Å²) in [6, 6.07) is 14.5. The number of nitrogens with one attached hydrogen (secondary N) is 2. The summed E-state index contributed by atoms with van der Waals surface area (Å²) < 4.78 is 34.8. The van der Waals surface area contributed by atoms with E-state index >= 15 is 0 Å². The number of aliphatic imine (C=N–C) groups is 1. The summed E-state index contributed by atoms with van der Waals surface area (Å²) in [7, 11) is 3.30. The summed E-state index contributed by atoms with van der Waals surface area (Å²) in [5.41, 5.74) is 1.72. The Labute approximate surface area is 175 Å². The van der Waals surface area contributed by atoms with Gasteiger partial charge in [0.25, 0.3) is 0 Å². The van der Waals surface area contributed by atoms with Crippen molar-refractivity contribution in [2.45, 2.75) is 19.6 Å². The van der Waals surface area contributed by atoms with Gasteiger partial charge in [-0.15, -0.1) is 24.0 Å². The fourth-order valence-electron chi connectivity index (χ4n) is 2.49. The van der Waals surface area contributed by atoms with E-state index in [1.54, 1.807) is 32.4 Å². The second-order valence-corrected chi connectivity index (χ2v) is 5.40. The van der Waals surface area contributed by atoms with E-state index in [9.17, 15) is 8.78 Å². The third-order valence-corrected chi connectivity index (χ3v) is 3.74. The Balaban J connectivity index is 0.00000364. The van der Waals surface area contributed by atoms with Gasteiger partial charge in [-0.1, -0.05) is 36.4 Å². The van der Waals surface area contributed by atoms with Crippen molar-refractivity contribution in [3.63, 3.8) is 0 Å². The maximum Gasteiger partial charge on any atom is 0.387 e. The highest BCUT2D eigenvalue weighted by Crippen LogP contribution is 2.20. The first-order valence-corrected chi connectivity index (χ1v) is 8.23. The molecule has 2 N–H and O–H groups in total. The van der Waals surface area contributed by atoms with Gasteiger partial charge in [-0.3, -0.25) is 4.99 Å². The Hall–Kier alpha value is -2.10. The minimum atomic E-state index is -2.85. The van der Waals surface area contributed by atoms with Crippen LogP contribution in [0.3, 0.4) is 0 Å². The summed E-state index contributed by atoms with van der Waals surface area (Å²) in [6.07, 6.45) is 0.760. The molecule has 0 heterocycles. The molecule has 0 aliphatic rings. The maximum atomic E-state index is 12.5. The molecule has 0 atom stereocenters. The largest absolute Gasteiger partial charge is 0.496 e. The van der Waals surface area contributed by atoms with E-state index in [2.05, 4.69) is 20.4 Å². The third-order valence-electron chi connectivity index (χ3n) is 3.74. The number of nitrogens with zero attached hydrogens (tertiary/aromatic N) is 1. The Morgan fingerprint density at radius 2 is 1.63 bits per heavy atom. The van der Waals surface area contributed by atoms with Crippen molar-refractivity contribution in [3.05, 3.63) is 59.7 Å². The molecule has 8 heteroatoms. The van der Waals surface area contributed by atoms with E-state index in [4.69, 9.17) is 4.74 Å². The number of para-hydroxylation sites is 2. The van der Waals surface area contributed by atoms with Crippen molar-refractivity contribution in [3.8, 4) is 11.5 Å². The number of benzene rings is 2. The standard InChI is InChI=1S/C19H23F2N3O2.HI/c1-22-19(23-12-11-14-7-3-5-9-16(14)25-2)24-13-15-8-4-6-10-17(15)26-18(20)21;/h3-10,18H,11-13H2,1-2H3,(H2,22,23,24);1H. The third kappa shape index (κ3) is 7.58. The molecular weight excluding hydrogens is 467 g/mol. The van der Waals surface area contributed by atoms with Crippen molar-refractivity contribution in [2.75, 3.05) is 20.7 Å². The molecule has 0 unspecified atom stereocenters. The predicted octanol–water partition coefficient (Wildman–Crippen LogP) is 3.82. The van der Waals surface area contributed by atoms with Gasteiger partial charge in [0.1, 0.15) is 11.5 Å². The molecule has 0 spiro atoms. The van der Waals surface area contributed by atoms with Crippen LogP contribution in [0.2, 0.25) is 0 Å². The van der Waals surface area contributed by atoms with Gasteiger partial charge in [0, 0.05) is 25.7 Å². The average molecular weight is 491 g/mol. The number of hydrogen-bond donors (Lipinski definition) is 2. The fraction of sp³-hybridized carbons (Fsp3) is 0.316. The van der Waals surface area contributed by atoms with Crippen LogP contribution in [0.15, 0.2) is 53.5 Å². The molecule has 2 aromatic carbocycles. The van der Waals surface area contributed by atoms with Gasteiger partial charge < -0.3 is 20.1 Å². The Kier molecular flexibility index (Phi) is 10.5. The summed E-state index contributed by atoms with van der Waals surface area (Å²) in [5, 5.41) is 6.29. The number of guanidine groups is 1. The minimum absolute atomic E-state index is 0. The Morgan fingerprint density at radius 1 is 1.00 bits per heavy atom. The van der Waals surface area contributed by atoms with Crippen LogP contribution >= 0.6 is 24.0 Å². The van der Waals surface area contributed by atoms with Gasteiger partial charge in [0.05, 0.1) is 7.11 Å². The highest BCUT2D eigenvalue weighted by molar-refractivity contribution is 14.0. The summed E-state index contributed by atoms with van der Waals surface area (Å²) in [5.74, 6) is 1.57. The maximum absolute atomic E-state index is 12.5. The molecule has 148 valence electrons. The predicted molar refractivity (Wildman–Crippen MR) is 113 cm³/mol. The number of hydrogen-bond acceptors (Lipinski definition) is 3. The zero-order valence-corrected chi connectivity index (χ0v) is 17.6. The molecule has 0 aromatic heterocycles. The number of halogens is 3. The molecule has 0 radical (unpaired) electrons. The van der Waals surface area contributed by atoms with Crippen LogP contribution in [-0.2, 0) is 13.0 Å². The van der Waals surface area contributed by atoms with Crippen molar-refractivity contribution in [2.24, 2.45) is 4.99 Å². The second kappa shape index (κ2) is 12.3. The van der Waals surface area contributed by atoms with Gasteiger partial charge in [0.2, 0.25) is 0 Å². The quantitative estimate of drug-likeness (QED) is 0.335. The monoisotopic (exact) mass is 491 g/mol. The first kappa shape index (κ1) is 22.9. The molecule has 0 saturated carbocycles. The molecule has 27 heavy (non-hydrogen) atoms. The number of alkyl halides is 2. The summed E-state index contributed by atoms with van der Waals surface area (Å²) >= 11 is 0. The first-order chi connectivity index (χ1) is 12.6. The van der Waals surface area contributed by atoms with E-state index < -0.39 is 6.61 Å². The molecule has 0 aliphatic heterocycles. The van der Waals surface area contributed by atoms with Crippen LogP contribution in [0.5, 0.6) is 11.5 Å². The molecular formula is C19H24F2IN3O2. The minimum Gasteiger partial charge on any atom is -0.496 e. The summed E-state index contributed by atoms with van der Waals surface area (Å²) in [4.78, 5) is 4.14. The SMILES string of the molecule is CN=C(NCCc1ccccc1OC)NCc1ccccc1OC(F)F.I. The highest BCUT2D eigenvalue weighted by Gasteiger charge is 2.09. The van der Waals surface area contributed by atoms with Gasteiger partial charge >= 0.3 is 6.61 Å². The highest BCUT2D eigenvalue weighted by atomic mass is 127. The van der Waals surface area contributed by atoms with E-state index in [1.807, 2.05) is 24.3 Å². The van der Waals surface area contributed by atoms with Crippen LogP contribution in [-0.4, -0.2) is 33.3 Å². The molecule has 0 saturated heterocycles. The number of rotatable bonds is 8. The molecule has 0 amide bonds. The molecule has 0 bridgehead atoms. The van der Waals surface area contributed by atoms with Crippen molar-refractivity contribution < 1.29 is 18.3 Å². The fourth-order valence-corrected chi connectivity index (χ4v) is 2.49. The van der Waals surface area contributed by atoms with E-state index in [-0.39, 0.29) is 29.7 Å². The zero-order chi connectivity index (χ0) is 18.8. The van der Waals surface area contributed by atoms with Crippen molar-refractivity contribution in [1.82, 2.24) is 10.6 Å². The summed E-state index contributed by atoms with van der Waals surface area (Å²) in [6.45, 7) is -1.89. The lowest BCUT2D eigenvalue weighted by molar-refractivity contribution is -0.0504. The molecule has 2 aromatic rings. The van der Waals surface area contributed by atoms with Crippen molar-refractivity contribution >= 4 is 29.9 Å². The first-order valence-electron chi connectivity index (χ1n) is 8.23. The zero-order valence-electron chi connectivity index (χ0n) is 15.2. The van der Waals surface area contributed by atoms with Crippen LogP contribution in [0, 0.1) is 0 Å². The topological polar surface area (TPSA) is 54.9 Å². The normalized spacial score (nSPS) is 10.9. The van der Waals surface area contributed by atoms with Crippen LogP contribution in [0.1, 0.15) is 11.1 Å². The van der Waals surface area contributed by atoms with Gasteiger partial charge in [0.15, 0.2) is 5.96 Å². The molecule has 5 nitrogen and oxygen atoms in total. The van der Waals surface area contributed by atoms with Crippen LogP contribution in [0.4, 0.5) is 8.78 Å². The van der Waals surface area contributed by atoms with Crippen molar-refractivity contribution in [1.29, 1.82) is 0 Å². The molecule has 0 aliphatic carbocycles. The molecule has 2 rings (SSSR count). The van der Waals surface area contributed by atoms with E-state index in [1.165, 1.54) is 6.07 Å². The lowest BCUT2D eigenvalue weighted by atomic mass is 10.1. The Bertz CT molecular complexity index is 730. The smallest absolute Gasteiger partial charge is 0.387 e. The van der Waals surface area contributed by atoms with E-state index in [0.717, 1.165) is 17.7 Å². The van der Waals surface area contributed by atoms with Gasteiger partial charge in [-0.25, -0.2) is 0 Å². The molecule has 0 fully saturated rings. The van der Waals surface area contributed by atoms with E-state index in [0.29, 0.717) is 24.6 Å². The number of methoxy groups -OCH3 is 1. The average Bonchev–Trinajstić information content (AvgIpc) is 2.65. The lowest BCUT2D eigenvalue weighted by Crippen LogP contribution is -2.38. The Morgan fingerprint density at radius 3 is 2.26 bits per heavy atom. The van der Waals surface area contributed by atoms with Crippen LogP contribution < -0.4 is 20.1 Å². The lowest BCUT2D eigenvalue weighted by Gasteiger charge is -2.15. The van der Waals surface area contributed by atoms with Crippen LogP contribution in [0.25, 0.3) is 0 Å².